The second-order valence-electron chi connectivity index (χ2n) is 5.28. The van der Waals surface area contributed by atoms with E-state index in [9.17, 15) is 0 Å². The molecule has 3 nitrogen and oxygen atoms in total. The quantitative estimate of drug-likeness (QED) is 0.745. The van der Waals surface area contributed by atoms with E-state index in [0.29, 0.717) is 11.3 Å². The SMILES string of the molecule is CCNC(CSC(C)CC)c1cncc(OC(C)C)c1. The summed E-state index contributed by atoms with van der Waals surface area (Å²) in [6, 6.07) is 2.44. The van der Waals surface area contributed by atoms with E-state index >= 15 is 0 Å². The maximum Gasteiger partial charge on any atom is 0.138 e. The first-order valence-corrected chi connectivity index (χ1v) is 8.58. The lowest BCUT2D eigenvalue weighted by molar-refractivity contribution is 0.241. The lowest BCUT2D eigenvalue weighted by Crippen LogP contribution is -2.24. The molecule has 2 unspecified atom stereocenters. The van der Waals surface area contributed by atoms with Crippen molar-refractivity contribution < 1.29 is 4.74 Å². The van der Waals surface area contributed by atoms with Crippen molar-refractivity contribution in [2.45, 2.75) is 58.4 Å². The van der Waals surface area contributed by atoms with Crippen molar-refractivity contribution in [2.75, 3.05) is 12.3 Å². The molecule has 0 radical (unpaired) electrons. The molecule has 0 spiro atoms. The predicted molar refractivity (Wildman–Crippen MR) is 88.6 cm³/mol. The van der Waals surface area contributed by atoms with E-state index in [-0.39, 0.29) is 6.10 Å². The van der Waals surface area contributed by atoms with Crippen molar-refractivity contribution in [3.63, 3.8) is 0 Å². The molecule has 0 aliphatic carbocycles. The average molecular weight is 296 g/mol. The zero-order chi connectivity index (χ0) is 15.0. The van der Waals surface area contributed by atoms with Crippen molar-refractivity contribution >= 4 is 11.8 Å². The molecule has 0 aliphatic heterocycles. The van der Waals surface area contributed by atoms with E-state index in [4.69, 9.17) is 4.74 Å². The van der Waals surface area contributed by atoms with Gasteiger partial charge in [-0.3, -0.25) is 4.98 Å². The molecule has 1 aromatic heterocycles. The molecule has 0 fully saturated rings. The summed E-state index contributed by atoms with van der Waals surface area (Å²) in [5.74, 6) is 1.92. The van der Waals surface area contributed by atoms with Crippen LogP contribution in [-0.2, 0) is 0 Å². The van der Waals surface area contributed by atoms with Crippen LogP contribution in [0.25, 0.3) is 0 Å². The molecule has 2 atom stereocenters. The van der Waals surface area contributed by atoms with Crippen LogP contribution in [0.1, 0.15) is 52.6 Å². The van der Waals surface area contributed by atoms with Crippen LogP contribution in [0, 0.1) is 0 Å². The van der Waals surface area contributed by atoms with Crippen LogP contribution in [0.2, 0.25) is 0 Å². The van der Waals surface area contributed by atoms with Crippen LogP contribution in [0.5, 0.6) is 5.75 Å². The van der Waals surface area contributed by atoms with Crippen molar-refractivity contribution in [1.82, 2.24) is 10.3 Å². The van der Waals surface area contributed by atoms with Crippen molar-refractivity contribution in [3.8, 4) is 5.75 Å². The van der Waals surface area contributed by atoms with Crippen LogP contribution in [0.3, 0.4) is 0 Å². The molecule has 0 aliphatic rings. The second-order valence-corrected chi connectivity index (χ2v) is 6.75. The third-order valence-corrected chi connectivity index (χ3v) is 4.51. The summed E-state index contributed by atoms with van der Waals surface area (Å²) in [6.07, 6.45) is 5.11. The van der Waals surface area contributed by atoms with Gasteiger partial charge in [-0.15, -0.1) is 0 Å². The standard InChI is InChI=1S/C16H28N2OS/c1-6-13(5)20-11-16(18-7-2)14-8-15(10-17-9-14)19-12(3)4/h8-10,12-13,16,18H,6-7,11H2,1-5H3. The highest BCUT2D eigenvalue weighted by Gasteiger charge is 2.13. The molecule has 1 N–H and O–H groups in total. The number of nitrogens with zero attached hydrogens (tertiary/aromatic N) is 1. The van der Waals surface area contributed by atoms with E-state index < -0.39 is 0 Å². The molecule has 0 amide bonds. The summed E-state index contributed by atoms with van der Waals surface area (Å²) in [5.41, 5.74) is 1.21. The van der Waals surface area contributed by atoms with Gasteiger partial charge in [-0.05, 0) is 38.4 Å². The Morgan fingerprint density at radius 1 is 1.25 bits per heavy atom. The third kappa shape index (κ3) is 6.14. The minimum absolute atomic E-state index is 0.180. The van der Waals surface area contributed by atoms with Gasteiger partial charge in [0.2, 0.25) is 0 Å². The first-order valence-electron chi connectivity index (χ1n) is 7.53. The number of thioether (sulfide) groups is 1. The Morgan fingerprint density at radius 3 is 2.60 bits per heavy atom. The number of ether oxygens (including phenoxy) is 1. The summed E-state index contributed by atoms with van der Waals surface area (Å²) in [7, 11) is 0. The highest BCUT2D eigenvalue weighted by Crippen LogP contribution is 2.24. The highest BCUT2D eigenvalue weighted by molar-refractivity contribution is 7.99. The number of aromatic nitrogens is 1. The van der Waals surface area contributed by atoms with E-state index in [2.05, 4.69) is 37.1 Å². The third-order valence-electron chi connectivity index (χ3n) is 3.08. The van der Waals surface area contributed by atoms with Crippen LogP contribution in [0.4, 0.5) is 0 Å². The molecular weight excluding hydrogens is 268 g/mol. The number of nitrogens with one attached hydrogen (secondary N) is 1. The molecule has 4 heteroatoms. The number of hydrogen-bond acceptors (Lipinski definition) is 4. The topological polar surface area (TPSA) is 34.2 Å². The summed E-state index contributed by atoms with van der Waals surface area (Å²) in [6.45, 7) is 11.7. The summed E-state index contributed by atoms with van der Waals surface area (Å²) >= 11 is 2.01. The van der Waals surface area contributed by atoms with E-state index in [0.717, 1.165) is 18.0 Å². The summed E-state index contributed by atoms with van der Waals surface area (Å²) in [5, 5.41) is 4.24. The molecule has 114 valence electrons. The summed E-state index contributed by atoms with van der Waals surface area (Å²) in [4.78, 5) is 4.31. The number of pyridine rings is 1. The van der Waals surface area contributed by atoms with Gasteiger partial charge >= 0.3 is 0 Å². The fourth-order valence-corrected chi connectivity index (χ4v) is 2.93. The minimum atomic E-state index is 0.180. The minimum Gasteiger partial charge on any atom is -0.489 e. The Hall–Kier alpha value is -0.740. The predicted octanol–water partition coefficient (Wildman–Crippen LogP) is 4.05. The Labute approximate surface area is 127 Å². The lowest BCUT2D eigenvalue weighted by Gasteiger charge is -2.20. The molecule has 0 bridgehead atoms. The van der Waals surface area contributed by atoms with Gasteiger partial charge in [0.15, 0.2) is 0 Å². The van der Waals surface area contributed by atoms with Gasteiger partial charge in [0.05, 0.1) is 12.3 Å². The van der Waals surface area contributed by atoms with E-state index in [1.165, 1.54) is 12.0 Å². The molecule has 1 heterocycles. The van der Waals surface area contributed by atoms with Gasteiger partial charge in [0, 0.05) is 23.2 Å². The molecule has 20 heavy (non-hydrogen) atoms. The first-order chi connectivity index (χ1) is 9.56. The van der Waals surface area contributed by atoms with Crippen molar-refractivity contribution in [2.24, 2.45) is 0 Å². The maximum absolute atomic E-state index is 5.73. The molecular formula is C16H28N2OS. The molecule has 1 aromatic rings. The maximum atomic E-state index is 5.73. The Morgan fingerprint density at radius 2 is 2.00 bits per heavy atom. The highest BCUT2D eigenvalue weighted by atomic mass is 32.2. The fourth-order valence-electron chi connectivity index (χ4n) is 1.86. The van der Waals surface area contributed by atoms with Crippen LogP contribution < -0.4 is 10.1 Å². The van der Waals surface area contributed by atoms with Crippen LogP contribution in [-0.4, -0.2) is 28.6 Å². The molecule has 0 aromatic carbocycles. The van der Waals surface area contributed by atoms with Gasteiger partial charge in [-0.1, -0.05) is 20.8 Å². The summed E-state index contributed by atoms with van der Waals surface area (Å²) < 4.78 is 5.73. The van der Waals surface area contributed by atoms with Gasteiger partial charge in [0.25, 0.3) is 0 Å². The molecule has 0 saturated heterocycles. The first kappa shape index (κ1) is 17.3. The van der Waals surface area contributed by atoms with E-state index in [1.807, 2.05) is 31.8 Å². The zero-order valence-corrected chi connectivity index (χ0v) is 14.2. The average Bonchev–Trinajstić information content (AvgIpc) is 2.42. The molecule has 1 rings (SSSR count). The smallest absolute Gasteiger partial charge is 0.138 e. The fraction of sp³-hybridized carbons (Fsp3) is 0.688. The Bertz CT molecular complexity index is 384. The van der Waals surface area contributed by atoms with Crippen molar-refractivity contribution in [3.05, 3.63) is 24.0 Å². The Balaban J connectivity index is 2.74. The van der Waals surface area contributed by atoms with Gasteiger partial charge in [-0.2, -0.15) is 11.8 Å². The van der Waals surface area contributed by atoms with Crippen LogP contribution >= 0.6 is 11.8 Å². The number of hydrogen-bond donors (Lipinski definition) is 1. The van der Waals surface area contributed by atoms with Crippen LogP contribution in [0.15, 0.2) is 18.5 Å². The van der Waals surface area contributed by atoms with Crippen molar-refractivity contribution in [1.29, 1.82) is 0 Å². The monoisotopic (exact) mass is 296 g/mol. The second kappa shape index (κ2) is 9.24. The Kier molecular flexibility index (Phi) is 8.00. The normalized spacial score (nSPS) is 14.3. The van der Waals surface area contributed by atoms with Gasteiger partial charge < -0.3 is 10.1 Å². The zero-order valence-electron chi connectivity index (χ0n) is 13.3. The molecule has 0 saturated carbocycles. The largest absolute Gasteiger partial charge is 0.489 e. The number of rotatable bonds is 9. The lowest BCUT2D eigenvalue weighted by atomic mass is 10.1. The van der Waals surface area contributed by atoms with Gasteiger partial charge in [0.1, 0.15) is 5.75 Å². The van der Waals surface area contributed by atoms with Gasteiger partial charge in [-0.25, -0.2) is 0 Å². The van der Waals surface area contributed by atoms with E-state index in [1.54, 1.807) is 6.20 Å².